The molecule has 0 bridgehead atoms. The van der Waals surface area contributed by atoms with Crippen LogP contribution in [0.2, 0.25) is 0 Å². The molecule has 2 aromatic carbocycles. The summed E-state index contributed by atoms with van der Waals surface area (Å²) in [6, 6.07) is 13.3. The van der Waals surface area contributed by atoms with Gasteiger partial charge in [0.15, 0.2) is 0 Å². The molecule has 1 aromatic heterocycles. The number of hydrogen-bond acceptors (Lipinski definition) is 6. The summed E-state index contributed by atoms with van der Waals surface area (Å²) >= 11 is 0. The Kier molecular flexibility index (Phi) is 6.68. The zero-order chi connectivity index (χ0) is 26.0. The molecule has 2 aliphatic rings. The molecular formula is C26H24F3N5O3. The number of ether oxygens (including phenoxy) is 1. The van der Waals surface area contributed by atoms with E-state index in [9.17, 15) is 22.8 Å². The van der Waals surface area contributed by atoms with Crippen molar-refractivity contribution in [2.24, 2.45) is 5.92 Å². The molecule has 8 nitrogen and oxygen atoms in total. The number of carbonyl (C=O) groups excluding carboxylic acids is 2. The second-order valence-electron chi connectivity index (χ2n) is 9.07. The molecule has 0 saturated carbocycles. The summed E-state index contributed by atoms with van der Waals surface area (Å²) in [5, 5.41) is 10.5. The van der Waals surface area contributed by atoms with E-state index in [1.165, 1.54) is 17.0 Å². The molecule has 3 aromatic rings. The van der Waals surface area contributed by atoms with Crippen molar-refractivity contribution >= 4 is 23.2 Å². The number of rotatable bonds is 6. The lowest BCUT2D eigenvalue weighted by Crippen LogP contribution is -2.52. The van der Waals surface area contributed by atoms with Crippen LogP contribution in [0.3, 0.4) is 0 Å². The van der Waals surface area contributed by atoms with Gasteiger partial charge in [-0.05, 0) is 48.5 Å². The Morgan fingerprint density at radius 3 is 2.49 bits per heavy atom. The molecule has 3 heterocycles. The fourth-order valence-electron chi connectivity index (χ4n) is 4.40. The summed E-state index contributed by atoms with van der Waals surface area (Å²) in [5.74, 6) is -0.0595. The van der Waals surface area contributed by atoms with Crippen LogP contribution in [0.4, 0.5) is 24.5 Å². The highest BCUT2D eigenvalue weighted by atomic mass is 19.4. The highest BCUT2D eigenvalue weighted by Gasteiger charge is 2.34. The number of nitrogens with one attached hydrogen (secondary N) is 1. The van der Waals surface area contributed by atoms with Crippen LogP contribution in [0.25, 0.3) is 0 Å². The van der Waals surface area contributed by atoms with Gasteiger partial charge in [-0.1, -0.05) is 6.07 Å². The average Bonchev–Trinajstić information content (AvgIpc) is 3.32. The predicted molar refractivity (Wildman–Crippen MR) is 129 cm³/mol. The van der Waals surface area contributed by atoms with Gasteiger partial charge in [0.25, 0.3) is 5.91 Å². The molecule has 0 unspecified atom stereocenters. The second kappa shape index (κ2) is 10.1. The number of amides is 2. The summed E-state index contributed by atoms with van der Waals surface area (Å²) in [7, 11) is 0. The summed E-state index contributed by atoms with van der Waals surface area (Å²) in [5.41, 5.74) is 0.734. The van der Waals surface area contributed by atoms with E-state index in [0.717, 1.165) is 17.8 Å². The first-order valence-electron chi connectivity index (χ1n) is 11.8. The minimum atomic E-state index is -4.51. The molecule has 1 N–H and O–H groups in total. The largest absolute Gasteiger partial charge is 0.489 e. The maximum atomic E-state index is 13.0. The van der Waals surface area contributed by atoms with Crippen molar-refractivity contribution in [3.63, 3.8) is 0 Å². The van der Waals surface area contributed by atoms with E-state index >= 15 is 0 Å². The fourth-order valence-corrected chi connectivity index (χ4v) is 4.40. The number of likely N-dealkylation sites (tertiary alicyclic amines) is 1. The Hall–Kier alpha value is -4.15. The van der Waals surface area contributed by atoms with Gasteiger partial charge in [-0.15, -0.1) is 0 Å². The molecule has 0 spiro atoms. The van der Waals surface area contributed by atoms with Crippen LogP contribution in [-0.2, 0) is 11.0 Å². The summed E-state index contributed by atoms with van der Waals surface area (Å²) in [6.07, 6.45) is -0.941. The predicted octanol–water partition coefficient (Wildman–Crippen LogP) is 3.86. The lowest BCUT2D eigenvalue weighted by molar-refractivity contribution is -0.137. The number of alkyl halides is 3. The van der Waals surface area contributed by atoms with E-state index in [4.69, 9.17) is 4.74 Å². The van der Waals surface area contributed by atoms with Crippen molar-refractivity contribution in [2.75, 3.05) is 36.4 Å². The first kappa shape index (κ1) is 24.5. The molecule has 2 aliphatic heterocycles. The monoisotopic (exact) mass is 511 g/mol. The van der Waals surface area contributed by atoms with Gasteiger partial charge in [-0.25, -0.2) is 0 Å². The standard InChI is InChI=1S/C26H24F3N5O3/c27-26(28,29)19-3-1-2-17(12-19)25(36)33-11-9-23(16-33)37-22-6-4-20(5-7-22)32-24(35)18-14-34(15-18)21-8-10-30-31-13-21/h1-8,10,12-13,18,23H,9,11,14-16H2,(H,32,35)/t23-/m1/s1. The normalized spacial score (nSPS) is 17.9. The molecule has 192 valence electrons. The zero-order valence-electron chi connectivity index (χ0n) is 19.7. The van der Waals surface area contributed by atoms with Crippen molar-refractivity contribution in [1.29, 1.82) is 0 Å². The Morgan fingerprint density at radius 1 is 1.00 bits per heavy atom. The second-order valence-corrected chi connectivity index (χ2v) is 9.07. The van der Waals surface area contributed by atoms with E-state index < -0.39 is 17.6 Å². The highest BCUT2D eigenvalue weighted by Crippen LogP contribution is 2.30. The van der Waals surface area contributed by atoms with Gasteiger partial charge in [-0.3, -0.25) is 9.59 Å². The molecule has 2 fully saturated rings. The maximum absolute atomic E-state index is 13.0. The Bertz CT molecular complexity index is 1260. The Balaban J connectivity index is 1.10. The Morgan fingerprint density at radius 2 is 1.78 bits per heavy atom. The average molecular weight is 512 g/mol. The molecule has 5 rings (SSSR count). The lowest BCUT2D eigenvalue weighted by atomic mass is 9.98. The number of anilines is 2. The van der Waals surface area contributed by atoms with E-state index in [0.29, 0.717) is 37.5 Å². The highest BCUT2D eigenvalue weighted by molar-refractivity contribution is 5.95. The topological polar surface area (TPSA) is 87.7 Å². The molecule has 1 atom stereocenters. The SMILES string of the molecule is O=C(Nc1ccc(O[C@@H]2CCN(C(=O)c3cccc(C(F)(F)F)c3)C2)cc1)C1CN(c2ccnnc2)C1. The number of hydrogen-bond donors (Lipinski definition) is 1. The van der Waals surface area contributed by atoms with Crippen LogP contribution < -0.4 is 15.0 Å². The molecule has 2 saturated heterocycles. The summed E-state index contributed by atoms with van der Waals surface area (Å²) < 4.78 is 44.9. The zero-order valence-corrected chi connectivity index (χ0v) is 19.7. The molecule has 0 aliphatic carbocycles. The van der Waals surface area contributed by atoms with Crippen molar-refractivity contribution in [3.8, 4) is 5.75 Å². The van der Waals surface area contributed by atoms with Crippen LogP contribution in [0.5, 0.6) is 5.75 Å². The van der Waals surface area contributed by atoms with Gasteiger partial charge in [0.2, 0.25) is 5.91 Å². The summed E-state index contributed by atoms with van der Waals surface area (Å²) in [6.45, 7) is 1.88. The van der Waals surface area contributed by atoms with Gasteiger partial charge in [-0.2, -0.15) is 23.4 Å². The van der Waals surface area contributed by atoms with Gasteiger partial charge < -0.3 is 19.9 Å². The van der Waals surface area contributed by atoms with Gasteiger partial charge >= 0.3 is 6.18 Å². The van der Waals surface area contributed by atoms with Gasteiger partial charge in [0, 0.05) is 37.3 Å². The first-order chi connectivity index (χ1) is 17.8. The third-order valence-corrected chi connectivity index (χ3v) is 6.48. The number of carbonyl (C=O) groups is 2. The Labute approximate surface area is 211 Å². The van der Waals surface area contributed by atoms with Gasteiger partial charge in [0.1, 0.15) is 11.9 Å². The van der Waals surface area contributed by atoms with Crippen LogP contribution in [0, 0.1) is 5.92 Å². The smallest absolute Gasteiger partial charge is 0.416 e. The van der Waals surface area contributed by atoms with Crippen LogP contribution in [0.15, 0.2) is 67.0 Å². The fraction of sp³-hybridized carbons (Fsp3) is 0.308. The van der Waals surface area contributed by atoms with Crippen molar-refractivity contribution in [1.82, 2.24) is 15.1 Å². The van der Waals surface area contributed by atoms with Crippen molar-refractivity contribution in [2.45, 2.75) is 18.7 Å². The van der Waals surface area contributed by atoms with Crippen LogP contribution >= 0.6 is 0 Å². The molecule has 37 heavy (non-hydrogen) atoms. The lowest BCUT2D eigenvalue weighted by Gasteiger charge is -2.39. The first-order valence-corrected chi connectivity index (χ1v) is 11.8. The number of aromatic nitrogens is 2. The summed E-state index contributed by atoms with van der Waals surface area (Å²) in [4.78, 5) is 28.8. The minimum absolute atomic E-state index is 0.00240. The van der Waals surface area contributed by atoms with E-state index in [1.54, 1.807) is 36.7 Å². The maximum Gasteiger partial charge on any atom is 0.416 e. The number of benzene rings is 2. The van der Waals surface area contributed by atoms with Crippen molar-refractivity contribution in [3.05, 3.63) is 78.1 Å². The van der Waals surface area contributed by atoms with E-state index in [1.807, 2.05) is 6.07 Å². The molecule has 2 amide bonds. The minimum Gasteiger partial charge on any atom is -0.489 e. The van der Waals surface area contributed by atoms with Crippen LogP contribution in [-0.4, -0.2) is 59.2 Å². The van der Waals surface area contributed by atoms with E-state index in [2.05, 4.69) is 20.4 Å². The quantitative estimate of drug-likeness (QED) is 0.541. The number of nitrogens with zero attached hydrogens (tertiary/aromatic N) is 4. The van der Waals surface area contributed by atoms with Gasteiger partial charge in [0.05, 0.1) is 36.1 Å². The molecular weight excluding hydrogens is 487 g/mol. The number of halogens is 3. The third-order valence-electron chi connectivity index (χ3n) is 6.48. The van der Waals surface area contributed by atoms with Crippen molar-refractivity contribution < 1.29 is 27.5 Å². The molecule has 11 heteroatoms. The molecule has 0 radical (unpaired) electrons. The third kappa shape index (κ3) is 5.65. The van der Waals surface area contributed by atoms with E-state index in [-0.39, 0.29) is 30.0 Å². The van der Waals surface area contributed by atoms with Crippen LogP contribution in [0.1, 0.15) is 22.3 Å².